The molecule has 0 N–H and O–H groups in total. The standard InChI is InChI=1S/C49H35NO/c1-48(2)41-17-7-3-13-35(41)39-25-23-32(28-45(39)48)50(34-22-21-31-12-11-27-51-47(31)30-34)33-24-26-40-38-16-6-10-20-44(38)49(46(40)29-33)42-18-8-4-14-36(42)37-15-5-9-19-43(37)49/h3-20,22-30H,21H2,1-2H3. The third kappa shape index (κ3) is 3.72. The summed E-state index contributed by atoms with van der Waals surface area (Å²) in [5.74, 6) is 0.914. The first-order valence-corrected chi connectivity index (χ1v) is 18.0. The molecule has 0 bridgehead atoms. The van der Waals surface area contributed by atoms with Crippen molar-refractivity contribution >= 4 is 11.4 Å². The molecule has 0 radical (unpaired) electrons. The van der Waals surface area contributed by atoms with Crippen LogP contribution >= 0.6 is 0 Å². The number of allylic oxidation sites excluding steroid dienone is 5. The van der Waals surface area contributed by atoms with Gasteiger partial charge in [-0.25, -0.2) is 0 Å². The van der Waals surface area contributed by atoms with Gasteiger partial charge in [0.15, 0.2) is 0 Å². The van der Waals surface area contributed by atoms with E-state index >= 15 is 0 Å². The third-order valence-corrected chi connectivity index (χ3v) is 12.0. The van der Waals surface area contributed by atoms with E-state index < -0.39 is 5.41 Å². The maximum absolute atomic E-state index is 6.10. The highest BCUT2D eigenvalue weighted by Crippen LogP contribution is 2.63. The number of nitrogens with zero attached hydrogens (tertiary/aromatic N) is 1. The van der Waals surface area contributed by atoms with E-state index in [1.165, 1.54) is 72.3 Å². The lowest BCUT2D eigenvalue weighted by molar-refractivity contribution is 0.353. The molecule has 0 unspecified atom stereocenters. The molecule has 0 fully saturated rings. The van der Waals surface area contributed by atoms with Gasteiger partial charge in [-0.1, -0.05) is 135 Å². The van der Waals surface area contributed by atoms with Crippen molar-refractivity contribution in [1.82, 2.24) is 0 Å². The second-order valence-corrected chi connectivity index (χ2v) is 14.8. The lowest BCUT2D eigenvalue weighted by atomic mass is 9.70. The number of rotatable bonds is 3. The first kappa shape index (κ1) is 28.7. The van der Waals surface area contributed by atoms with Crippen LogP contribution in [0.3, 0.4) is 0 Å². The minimum Gasteiger partial charge on any atom is -0.465 e. The summed E-state index contributed by atoms with van der Waals surface area (Å²) in [7, 11) is 0. The molecule has 2 nitrogen and oxygen atoms in total. The molecular formula is C49H35NO. The number of fused-ring (bicyclic) bond motifs is 14. The molecule has 0 atom stereocenters. The second kappa shape index (κ2) is 10.2. The monoisotopic (exact) mass is 653 g/mol. The summed E-state index contributed by atoms with van der Waals surface area (Å²) in [6, 6.07) is 50.2. The molecule has 0 saturated carbocycles. The lowest BCUT2D eigenvalue weighted by Crippen LogP contribution is -2.26. The van der Waals surface area contributed by atoms with Crippen LogP contribution in [0.4, 0.5) is 11.4 Å². The van der Waals surface area contributed by atoms with Crippen LogP contribution in [0.5, 0.6) is 0 Å². The highest BCUT2D eigenvalue weighted by Gasteiger charge is 2.51. The predicted molar refractivity (Wildman–Crippen MR) is 208 cm³/mol. The van der Waals surface area contributed by atoms with Gasteiger partial charge in [-0.05, 0) is 109 Å². The highest BCUT2D eigenvalue weighted by molar-refractivity contribution is 5.96. The van der Waals surface area contributed by atoms with Crippen molar-refractivity contribution in [2.75, 3.05) is 4.90 Å². The van der Waals surface area contributed by atoms with Gasteiger partial charge in [0.1, 0.15) is 5.76 Å². The van der Waals surface area contributed by atoms with E-state index in [1.807, 2.05) is 6.08 Å². The molecular weight excluding hydrogens is 619 g/mol. The Labute approximate surface area is 299 Å². The van der Waals surface area contributed by atoms with Crippen molar-refractivity contribution in [3.8, 4) is 33.4 Å². The molecule has 0 amide bonds. The first-order chi connectivity index (χ1) is 25.0. The van der Waals surface area contributed by atoms with Gasteiger partial charge >= 0.3 is 0 Å². The number of benzene rings is 6. The van der Waals surface area contributed by atoms with Crippen LogP contribution in [-0.4, -0.2) is 0 Å². The van der Waals surface area contributed by atoms with Crippen LogP contribution in [0.2, 0.25) is 0 Å². The Balaban J connectivity index is 1.16. The summed E-state index contributed by atoms with van der Waals surface area (Å²) in [6.07, 6.45) is 11.3. The van der Waals surface area contributed by atoms with Gasteiger partial charge in [-0.15, -0.1) is 0 Å². The number of ether oxygens (including phenoxy) is 1. The molecule has 11 rings (SSSR count). The fourth-order valence-corrected chi connectivity index (χ4v) is 9.79. The minimum atomic E-state index is -0.408. The van der Waals surface area contributed by atoms with E-state index in [-0.39, 0.29) is 5.41 Å². The number of anilines is 2. The zero-order chi connectivity index (χ0) is 33.9. The van der Waals surface area contributed by atoms with Gasteiger partial charge in [0.2, 0.25) is 0 Å². The zero-order valence-electron chi connectivity index (χ0n) is 28.7. The van der Waals surface area contributed by atoms with Gasteiger partial charge < -0.3 is 9.64 Å². The van der Waals surface area contributed by atoms with Gasteiger partial charge in [0.05, 0.1) is 11.7 Å². The normalized spacial score (nSPS) is 17.1. The minimum absolute atomic E-state index is 0.110. The van der Waals surface area contributed by atoms with Gasteiger partial charge in [-0.2, -0.15) is 0 Å². The Morgan fingerprint density at radius 3 is 1.63 bits per heavy atom. The van der Waals surface area contributed by atoms with Crippen LogP contribution in [0.15, 0.2) is 181 Å². The van der Waals surface area contributed by atoms with Crippen LogP contribution in [0.1, 0.15) is 53.6 Å². The Bertz CT molecular complexity index is 2560. The number of hydrogen-bond acceptors (Lipinski definition) is 2. The van der Waals surface area contributed by atoms with Crippen LogP contribution in [0.25, 0.3) is 33.4 Å². The Morgan fingerprint density at radius 2 is 1.02 bits per heavy atom. The molecule has 1 aliphatic heterocycles. The van der Waals surface area contributed by atoms with E-state index in [1.54, 1.807) is 6.26 Å². The van der Waals surface area contributed by atoms with Crippen molar-refractivity contribution in [3.63, 3.8) is 0 Å². The summed E-state index contributed by atoms with van der Waals surface area (Å²) < 4.78 is 6.10. The quantitative estimate of drug-likeness (QED) is 0.188. The summed E-state index contributed by atoms with van der Waals surface area (Å²) in [5, 5.41) is 0. The predicted octanol–water partition coefficient (Wildman–Crippen LogP) is 12.1. The Morgan fingerprint density at radius 1 is 0.529 bits per heavy atom. The molecule has 1 heterocycles. The molecule has 1 spiro atoms. The summed E-state index contributed by atoms with van der Waals surface area (Å²) in [5.41, 5.74) is 20.1. The molecule has 6 aromatic rings. The van der Waals surface area contributed by atoms with E-state index in [4.69, 9.17) is 4.74 Å². The maximum atomic E-state index is 6.10. The molecule has 0 saturated heterocycles. The van der Waals surface area contributed by atoms with Crippen molar-refractivity contribution in [2.24, 2.45) is 0 Å². The maximum Gasteiger partial charge on any atom is 0.132 e. The molecule has 6 aromatic carbocycles. The first-order valence-electron chi connectivity index (χ1n) is 18.0. The molecule has 2 heteroatoms. The van der Waals surface area contributed by atoms with Gasteiger partial charge in [-0.3, -0.25) is 0 Å². The van der Waals surface area contributed by atoms with E-state index in [0.29, 0.717) is 0 Å². The van der Waals surface area contributed by atoms with E-state index in [9.17, 15) is 0 Å². The fourth-order valence-electron chi connectivity index (χ4n) is 9.79. The van der Waals surface area contributed by atoms with Crippen molar-refractivity contribution in [2.45, 2.75) is 31.1 Å². The summed E-state index contributed by atoms with van der Waals surface area (Å²) in [4.78, 5) is 2.45. The van der Waals surface area contributed by atoms with Gasteiger partial charge in [0.25, 0.3) is 0 Å². The van der Waals surface area contributed by atoms with E-state index in [0.717, 1.165) is 29.3 Å². The summed E-state index contributed by atoms with van der Waals surface area (Å²) in [6.45, 7) is 4.72. The topological polar surface area (TPSA) is 12.5 Å². The third-order valence-electron chi connectivity index (χ3n) is 12.0. The average Bonchev–Trinajstić information content (AvgIpc) is 3.73. The lowest BCUT2D eigenvalue weighted by Gasteiger charge is -2.33. The summed E-state index contributed by atoms with van der Waals surface area (Å²) >= 11 is 0. The zero-order valence-corrected chi connectivity index (χ0v) is 28.7. The SMILES string of the molecule is CC1(C)c2ccccc2-c2ccc(N(C3=CCC4=CC=COC4=C3)c3ccc4c(c3)C3(c5ccccc5-c5ccccc53)c3ccccc3-4)cc21. The van der Waals surface area contributed by atoms with Crippen LogP contribution in [-0.2, 0) is 15.6 Å². The molecule has 5 aliphatic rings. The second-order valence-electron chi connectivity index (χ2n) is 14.8. The van der Waals surface area contributed by atoms with Crippen LogP contribution in [0, 0.1) is 0 Å². The highest BCUT2D eigenvalue weighted by atomic mass is 16.5. The van der Waals surface area contributed by atoms with E-state index in [2.05, 4.69) is 170 Å². The van der Waals surface area contributed by atoms with Crippen molar-refractivity contribution < 1.29 is 4.74 Å². The molecule has 242 valence electrons. The van der Waals surface area contributed by atoms with Gasteiger partial charge in [0, 0.05) is 28.6 Å². The molecule has 0 aromatic heterocycles. The average molecular weight is 654 g/mol. The van der Waals surface area contributed by atoms with Crippen molar-refractivity contribution in [1.29, 1.82) is 0 Å². The molecule has 4 aliphatic carbocycles. The van der Waals surface area contributed by atoms with Crippen LogP contribution < -0.4 is 4.90 Å². The smallest absolute Gasteiger partial charge is 0.132 e. The fraction of sp³-hybridized carbons (Fsp3) is 0.102. The largest absolute Gasteiger partial charge is 0.465 e. The Hall–Kier alpha value is -6.12. The Kier molecular flexibility index (Phi) is 5.75. The molecule has 51 heavy (non-hydrogen) atoms. The van der Waals surface area contributed by atoms with Crippen molar-refractivity contribution in [3.05, 3.63) is 214 Å². The number of hydrogen-bond donors (Lipinski definition) is 0.